The molecule has 1 saturated heterocycles. The van der Waals surface area contributed by atoms with Crippen molar-refractivity contribution in [2.75, 3.05) is 33.4 Å². The van der Waals surface area contributed by atoms with E-state index in [1.165, 1.54) is 5.56 Å². The molecule has 0 spiro atoms. The molecule has 0 atom stereocenters. The molecule has 0 unspecified atom stereocenters. The highest BCUT2D eigenvalue weighted by Gasteiger charge is 2.12. The van der Waals surface area contributed by atoms with Gasteiger partial charge in [0.05, 0.1) is 13.2 Å². The molecule has 1 N–H and O–H groups in total. The zero-order valence-corrected chi connectivity index (χ0v) is 16.4. The quantitative estimate of drug-likeness (QED) is 0.824. The highest BCUT2D eigenvalue weighted by Crippen LogP contribution is 2.16. The van der Waals surface area contributed by atoms with Crippen LogP contribution in [0.25, 0.3) is 0 Å². The van der Waals surface area contributed by atoms with Crippen LogP contribution in [-0.2, 0) is 24.4 Å². The SMILES string of the molecule is CN(Cc1ccccc1Cl)C(=O)NCc1ccc(CN2CCOCC2)cc1. The van der Waals surface area contributed by atoms with Gasteiger partial charge >= 0.3 is 6.03 Å². The second-order valence-corrected chi connectivity index (χ2v) is 7.22. The topological polar surface area (TPSA) is 44.8 Å². The molecule has 0 aliphatic carbocycles. The number of morpholine rings is 1. The van der Waals surface area contributed by atoms with Crippen molar-refractivity contribution in [3.8, 4) is 0 Å². The Morgan fingerprint density at radius 2 is 1.78 bits per heavy atom. The molecular weight excluding hydrogens is 362 g/mol. The lowest BCUT2D eigenvalue weighted by molar-refractivity contribution is 0.0342. The molecule has 1 aliphatic heterocycles. The molecule has 0 aromatic heterocycles. The summed E-state index contributed by atoms with van der Waals surface area (Å²) in [4.78, 5) is 16.3. The summed E-state index contributed by atoms with van der Waals surface area (Å²) in [6.07, 6.45) is 0. The van der Waals surface area contributed by atoms with Crippen LogP contribution >= 0.6 is 11.6 Å². The van der Waals surface area contributed by atoms with Gasteiger partial charge in [-0.25, -0.2) is 4.79 Å². The minimum absolute atomic E-state index is 0.118. The number of hydrogen-bond donors (Lipinski definition) is 1. The zero-order chi connectivity index (χ0) is 19.1. The average molecular weight is 388 g/mol. The van der Waals surface area contributed by atoms with Crippen molar-refractivity contribution in [2.24, 2.45) is 0 Å². The third kappa shape index (κ3) is 5.96. The number of nitrogens with one attached hydrogen (secondary N) is 1. The van der Waals surface area contributed by atoms with E-state index in [0.717, 1.165) is 44.0 Å². The van der Waals surface area contributed by atoms with Crippen LogP contribution in [0.3, 0.4) is 0 Å². The molecule has 2 amide bonds. The maximum Gasteiger partial charge on any atom is 0.317 e. The largest absolute Gasteiger partial charge is 0.379 e. The Hall–Kier alpha value is -2.08. The zero-order valence-electron chi connectivity index (χ0n) is 15.7. The van der Waals surface area contributed by atoms with Crippen molar-refractivity contribution in [1.82, 2.24) is 15.1 Å². The van der Waals surface area contributed by atoms with Crippen LogP contribution in [0.1, 0.15) is 16.7 Å². The molecule has 1 fully saturated rings. The van der Waals surface area contributed by atoms with Crippen LogP contribution in [0.4, 0.5) is 4.79 Å². The number of benzene rings is 2. The van der Waals surface area contributed by atoms with E-state index in [0.29, 0.717) is 18.1 Å². The number of nitrogens with zero attached hydrogens (tertiary/aromatic N) is 2. The first kappa shape index (κ1) is 19.7. The van der Waals surface area contributed by atoms with Gasteiger partial charge in [-0.2, -0.15) is 0 Å². The first-order valence-electron chi connectivity index (χ1n) is 9.22. The van der Waals surface area contributed by atoms with Gasteiger partial charge in [0, 0.05) is 44.8 Å². The van der Waals surface area contributed by atoms with Gasteiger partial charge in [-0.05, 0) is 22.8 Å². The van der Waals surface area contributed by atoms with Crippen molar-refractivity contribution in [3.63, 3.8) is 0 Å². The van der Waals surface area contributed by atoms with Crippen molar-refractivity contribution in [1.29, 1.82) is 0 Å². The first-order chi connectivity index (χ1) is 13.1. The van der Waals surface area contributed by atoms with Gasteiger partial charge in [0.2, 0.25) is 0 Å². The maximum absolute atomic E-state index is 12.3. The van der Waals surface area contributed by atoms with E-state index >= 15 is 0 Å². The lowest BCUT2D eigenvalue weighted by Gasteiger charge is -2.26. The smallest absolute Gasteiger partial charge is 0.317 e. The minimum Gasteiger partial charge on any atom is -0.379 e. The molecular formula is C21H26ClN3O2. The van der Waals surface area contributed by atoms with E-state index < -0.39 is 0 Å². The van der Waals surface area contributed by atoms with Crippen LogP contribution < -0.4 is 5.32 Å². The highest BCUT2D eigenvalue weighted by atomic mass is 35.5. The van der Waals surface area contributed by atoms with Gasteiger partial charge in [-0.1, -0.05) is 54.1 Å². The van der Waals surface area contributed by atoms with Crippen molar-refractivity contribution < 1.29 is 9.53 Å². The predicted molar refractivity (Wildman–Crippen MR) is 108 cm³/mol. The third-order valence-electron chi connectivity index (χ3n) is 4.69. The molecule has 1 aliphatic rings. The standard InChI is InChI=1S/C21H26ClN3O2/c1-24(16-19-4-2-3-5-20(19)22)21(26)23-14-17-6-8-18(9-7-17)15-25-10-12-27-13-11-25/h2-9H,10-16H2,1H3,(H,23,26). The van der Waals surface area contributed by atoms with E-state index in [1.807, 2.05) is 24.3 Å². The molecule has 27 heavy (non-hydrogen) atoms. The molecule has 0 radical (unpaired) electrons. The summed E-state index contributed by atoms with van der Waals surface area (Å²) < 4.78 is 5.38. The van der Waals surface area contributed by atoms with Gasteiger partial charge in [0.15, 0.2) is 0 Å². The normalized spacial score (nSPS) is 14.7. The number of rotatable bonds is 6. The molecule has 3 rings (SSSR count). The van der Waals surface area contributed by atoms with Crippen molar-refractivity contribution in [2.45, 2.75) is 19.6 Å². The molecule has 2 aromatic carbocycles. The highest BCUT2D eigenvalue weighted by molar-refractivity contribution is 6.31. The average Bonchev–Trinajstić information content (AvgIpc) is 2.69. The number of hydrogen-bond acceptors (Lipinski definition) is 3. The number of carbonyl (C=O) groups excluding carboxylic acids is 1. The van der Waals surface area contributed by atoms with Gasteiger partial charge in [0.1, 0.15) is 0 Å². The monoisotopic (exact) mass is 387 g/mol. The number of amides is 2. The Balaban J connectivity index is 1.46. The van der Waals surface area contributed by atoms with Crippen molar-refractivity contribution in [3.05, 3.63) is 70.2 Å². The van der Waals surface area contributed by atoms with E-state index in [4.69, 9.17) is 16.3 Å². The van der Waals surface area contributed by atoms with Crippen LogP contribution in [-0.4, -0.2) is 49.2 Å². The number of halogens is 1. The summed E-state index contributed by atoms with van der Waals surface area (Å²) in [5.41, 5.74) is 3.30. The molecule has 2 aromatic rings. The number of carbonyl (C=O) groups is 1. The lowest BCUT2D eigenvalue weighted by Crippen LogP contribution is -2.36. The fourth-order valence-corrected chi connectivity index (χ4v) is 3.24. The summed E-state index contributed by atoms with van der Waals surface area (Å²) in [7, 11) is 1.77. The molecule has 144 valence electrons. The molecule has 1 heterocycles. The van der Waals surface area contributed by atoms with Crippen LogP contribution in [0.5, 0.6) is 0 Å². The summed E-state index contributed by atoms with van der Waals surface area (Å²) in [5, 5.41) is 3.63. The summed E-state index contributed by atoms with van der Waals surface area (Å²) in [6, 6.07) is 15.9. The Kier molecular flexibility index (Phi) is 7.10. The number of ether oxygens (including phenoxy) is 1. The second-order valence-electron chi connectivity index (χ2n) is 6.81. The summed E-state index contributed by atoms with van der Waals surface area (Å²) in [6.45, 7) is 5.51. The Bertz CT molecular complexity index is 745. The lowest BCUT2D eigenvalue weighted by atomic mass is 10.1. The number of urea groups is 1. The maximum atomic E-state index is 12.3. The molecule has 0 bridgehead atoms. The molecule has 5 nitrogen and oxygen atoms in total. The first-order valence-corrected chi connectivity index (χ1v) is 9.60. The van der Waals surface area contributed by atoms with Gasteiger partial charge in [-0.15, -0.1) is 0 Å². The Morgan fingerprint density at radius 3 is 2.48 bits per heavy atom. The van der Waals surface area contributed by atoms with Crippen LogP contribution in [0, 0.1) is 0 Å². The van der Waals surface area contributed by atoms with Crippen molar-refractivity contribution >= 4 is 17.6 Å². The summed E-state index contributed by atoms with van der Waals surface area (Å²) >= 11 is 6.16. The van der Waals surface area contributed by atoms with Crippen LogP contribution in [0.2, 0.25) is 5.02 Å². The third-order valence-corrected chi connectivity index (χ3v) is 5.06. The molecule has 0 saturated carbocycles. The van der Waals surface area contributed by atoms with E-state index in [2.05, 4.69) is 34.5 Å². The fraction of sp³-hybridized carbons (Fsp3) is 0.381. The van der Waals surface area contributed by atoms with E-state index in [1.54, 1.807) is 11.9 Å². The van der Waals surface area contributed by atoms with E-state index in [9.17, 15) is 4.79 Å². The Morgan fingerprint density at radius 1 is 1.11 bits per heavy atom. The molecule has 6 heteroatoms. The van der Waals surface area contributed by atoms with E-state index in [-0.39, 0.29) is 6.03 Å². The predicted octanol–water partition coefficient (Wildman–Crippen LogP) is 3.51. The fourth-order valence-electron chi connectivity index (χ4n) is 3.05. The second kappa shape index (κ2) is 9.74. The van der Waals surface area contributed by atoms with Gasteiger partial charge < -0.3 is 15.0 Å². The Labute approximate surface area is 165 Å². The van der Waals surface area contributed by atoms with Gasteiger partial charge in [0.25, 0.3) is 0 Å². The minimum atomic E-state index is -0.118. The van der Waals surface area contributed by atoms with Crippen LogP contribution in [0.15, 0.2) is 48.5 Å². The van der Waals surface area contributed by atoms with Gasteiger partial charge in [-0.3, -0.25) is 4.90 Å². The summed E-state index contributed by atoms with van der Waals surface area (Å²) in [5.74, 6) is 0.